The molecule has 0 radical (unpaired) electrons. The van der Waals surface area contributed by atoms with Crippen LogP contribution >= 0.6 is 23.2 Å². The van der Waals surface area contributed by atoms with E-state index in [1.807, 2.05) is 37.3 Å². The largest absolute Gasteiger partial charge is 0.493 e. The fourth-order valence-corrected chi connectivity index (χ4v) is 7.03. The second-order valence-electron chi connectivity index (χ2n) is 12.6. The van der Waals surface area contributed by atoms with Gasteiger partial charge in [-0.3, -0.25) is 0 Å². The number of aliphatic hydroxyl groups is 1. The molecule has 0 saturated heterocycles. The number of rotatable bonds is 11. The van der Waals surface area contributed by atoms with E-state index in [0.29, 0.717) is 13.0 Å². The van der Waals surface area contributed by atoms with E-state index in [1.54, 1.807) is 0 Å². The Morgan fingerprint density at radius 3 is 2.59 bits per heavy atom. The predicted molar refractivity (Wildman–Crippen MR) is 180 cm³/mol. The van der Waals surface area contributed by atoms with E-state index in [0.717, 1.165) is 102 Å². The van der Waals surface area contributed by atoms with Crippen LogP contribution in [-0.4, -0.2) is 39.8 Å². The summed E-state index contributed by atoms with van der Waals surface area (Å²) in [4.78, 5) is 3.73. The number of aromatic amines is 1. The van der Waals surface area contributed by atoms with Gasteiger partial charge in [-0.05, 0) is 119 Å². The third-order valence-electron chi connectivity index (χ3n) is 9.17. The van der Waals surface area contributed by atoms with Crippen molar-refractivity contribution in [1.29, 1.82) is 0 Å². The molecule has 6 nitrogen and oxygen atoms in total. The van der Waals surface area contributed by atoms with Gasteiger partial charge in [0, 0.05) is 50.9 Å². The number of nitrogens with one attached hydrogen (secondary N) is 1. The summed E-state index contributed by atoms with van der Waals surface area (Å²) in [5.74, 6) is 1.75. The summed E-state index contributed by atoms with van der Waals surface area (Å²) < 4.78 is 12.9. The van der Waals surface area contributed by atoms with Crippen LogP contribution in [0.3, 0.4) is 0 Å². The van der Waals surface area contributed by atoms with E-state index in [4.69, 9.17) is 32.7 Å². The zero-order valence-electron chi connectivity index (χ0n) is 25.5. The Bertz CT molecular complexity index is 1620. The van der Waals surface area contributed by atoms with Crippen molar-refractivity contribution in [3.63, 3.8) is 0 Å². The minimum atomic E-state index is -0.456. The first-order valence-electron chi connectivity index (χ1n) is 15.8. The van der Waals surface area contributed by atoms with Crippen LogP contribution in [0.15, 0.2) is 75.6 Å². The number of H-pyrrole nitrogens is 1. The van der Waals surface area contributed by atoms with Gasteiger partial charge in [0.05, 0.1) is 24.4 Å². The lowest BCUT2D eigenvalue weighted by Crippen LogP contribution is -2.41. The van der Waals surface area contributed by atoms with Crippen molar-refractivity contribution >= 4 is 45.5 Å². The number of aliphatic hydroxyl groups excluding tert-OH is 1. The summed E-state index contributed by atoms with van der Waals surface area (Å²) in [6.45, 7) is 4.70. The summed E-state index contributed by atoms with van der Waals surface area (Å²) >= 11 is 12.7. The zero-order valence-corrected chi connectivity index (χ0v) is 27.1. The monoisotopic (exact) mass is 633 g/mol. The number of hydrogen-bond acceptors (Lipinski definition) is 5. The fourth-order valence-electron chi connectivity index (χ4n) is 6.70. The third kappa shape index (κ3) is 7.09. The molecule has 8 heteroatoms. The molecule has 2 aliphatic carbocycles. The Balaban J connectivity index is 1.14. The Kier molecular flexibility index (Phi) is 9.51. The number of aryl methyl sites for hydroxylation is 1. The van der Waals surface area contributed by atoms with Crippen molar-refractivity contribution in [3.8, 4) is 5.75 Å². The number of halogens is 2. The molecular weight excluding hydrogens is 593 g/mol. The van der Waals surface area contributed by atoms with Gasteiger partial charge in [-0.25, -0.2) is 0 Å². The van der Waals surface area contributed by atoms with E-state index >= 15 is 0 Å². The Morgan fingerprint density at radius 2 is 1.84 bits per heavy atom. The maximum atomic E-state index is 10.5. The summed E-state index contributed by atoms with van der Waals surface area (Å²) in [5.41, 5.74) is 6.51. The van der Waals surface area contributed by atoms with Crippen molar-refractivity contribution < 1.29 is 14.6 Å². The molecule has 3 aromatic rings. The van der Waals surface area contributed by atoms with Crippen LogP contribution < -0.4 is 4.74 Å². The van der Waals surface area contributed by atoms with E-state index in [1.165, 1.54) is 16.6 Å². The molecule has 2 N–H and O–H groups in total. The normalized spacial score (nSPS) is 22.4. The highest BCUT2D eigenvalue weighted by molar-refractivity contribution is 6.31. The van der Waals surface area contributed by atoms with Gasteiger partial charge in [0.25, 0.3) is 0 Å². The van der Waals surface area contributed by atoms with Crippen LogP contribution in [0.25, 0.3) is 10.9 Å². The molecular formula is C36H41Cl2N3O3. The summed E-state index contributed by atoms with van der Waals surface area (Å²) in [7, 11) is 0. The highest BCUT2D eigenvalue weighted by atomic mass is 35.5. The SMILES string of the molecule is CC1=NN=C(CCCC(O)CCOc2ccc(C3c4[nH]c5ccc(Cl)cc5c4CCC3(C)OC3=CC=C(Cl)CC3)cc2)CC1. The number of nitrogens with zero attached hydrogens (tertiary/aromatic N) is 2. The van der Waals surface area contributed by atoms with Gasteiger partial charge in [-0.15, -0.1) is 0 Å². The maximum Gasteiger partial charge on any atom is 0.119 e. The lowest BCUT2D eigenvalue weighted by Gasteiger charge is -2.42. The quantitative estimate of drug-likeness (QED) is 0.221. The average molecular weight is 635 g/mol. The molecule has 3 atom stereocenters. The Morgan fingerprint density at radius 1 is 1.00 bits per heavy atom. The predicted octanol–water partition coefficient (Wildman–Crippen LogP) is 9.39. The molecule has 44 heavy (non-hydrogen) atoms. The maximum absolute atomic E-state index is 10.5. The van der Waals surface area contributed by atoms with E-state index < -0.39 is 11.7 Å². The molecule has 2 heterocycles. The third-order valence-corrected chi connectivity index (χ3v) is 9.72. The van der Waals surface area contributed by atoms with Crippen molar-refractivity contribution in [2.75, 3.05) is 6.61 Å². The summed E-state index contributed by atoms with van der Waals surface area (Å²) in [6.07, 6.45) is 12.0. The van der Waals surface area contributed by atoms with Gasteiger partial charge in [-0.1, -0.05) is 35.3 Å². The van der Waals surface area contributed by atoms with E-state index in [9.17, 15) is 5.11 Å². The Labute approximate surface area is 269 Å². The van der Waals surface area contributed by atoms with Gasteiger partial charge in [0.15, 0.2) is 0 Å². The molecule has 0 bridgehead atoms. The minimum Gasteiger partial charge on any atom is -0.493 e. The standard InChI is InChI=1S/C36H41Cl2N3O3/c1-23-6-12-27(41-40-23)4-3-5-28(42)19-21-43-29-13-7-24(8-14-29)34-35-31(32-22-26(38)11-17-33(32)39-35)18-20-36(34,2)44-30-15-9-25(37)10-16-30/h7-9,11,13-15,17,22,28,34,39,42H,3-6,10,12,16,18-21H2,1-2H3. The van der Waals surface area contributed by atoms with Crippen LogP contribution in [-0.2, 0) is 11.2 Å². The molecule has 0 saturated carbocycles. The molecule has 3 aliphatic rings. The molecule has 1 aliphatic heterocycles. The van der Waals surface area contributed by atoms with E-state index in [-0.39, 0.29) is 5.92 Å². The van der Waals surface area contributed by atoms with Crippen molar-refractivity contribution in [2.45, 2.75) is 95.7 Å². The molecule has 3 unspecified atom stereocenters. The number of hydrogen-bond donors (Lipinski definition) is 2. The molecule has 2 aromatic carbocycles. The van der Waals surface area contributed by atoms with Gasteiger partial charge < -0.3 is 19.6 Å². The molecule has 0 fully saturated rings. The number of benzene rings is 2. The van der Waals surface area contributed by atoms with Crippen LogP contribution in [0.1, 0.15) is 94.4 Å². The van der Waals surface area contributed by atoms with Crippen molar-refractivity contribution in [1.82, 2.24) is 4.98 Å². The second-order valence-corrected chi connectivity index (χ2v) is 13.5. The Hall–Kier alpha value is -3.06. The van der Waals surface area contributed by atoms with Crippen LogP contribution in [0, 0.1) is 0 Å². The van der Waals surface area contributed by atoms with E-state index in [2.05, 4.69) is 46.4 Å². The number of fused-ring (bicyclic) bond motifs is 3. The molecule has 0 amide bonds. The second kappa shape index (κ2) is 13.5. The minimum absolute atomic E-state index is 0.0149. The van der Waals surface area contributed by atoms with Crippen LogP contribution in [0.2, 0.25) is 5.02 Å². The summed E-state index contributed by atoms with van der Waals surface area (Å²) in [6, 6.07) is 14.4. The summed E-state index contributed by atoms with van der Waals surface area (Å²) in [5, 5.41) is 21.8. The first-order chi connectivity index (χ1) is 21.3. The van der Waals surface area contributed by atoms with Gasteiger partial charge in [-0.2, -0.15) is 10.2 Å². The van der Waals surface area contributed by atoms with Gasteiger partial charge >= 0.3 is 0 Å². The topological polar surface area (TPSA) is 79.2 Å². The smallest absolute Gasteiger partial charge is 0.119 e. The molecule has 6 rings (SSSR count). The zero-order chi connectivity index (χ0) is 30.7. The van der Waals surface area contributed by atoms with Crippen molar-refractivity contribution in [3.05, 3.63) is 87.3 Å². The highest BCUT2D eigenvalue weighted by Gasteiger charge is 2.44. The molecule has 0 spiro atoms. The molecule has 1 aromatic heterocycles. The average Bonchev–Trinajstić information content (AvgIpc) is 3.37. The highest BCUT2D eigenvalue weighted by Crippen LogP contribution is 2.49. The van der Waals surface area contributed by atoms with Crippen LogP contribution in [0.5, 0.6) is 5.75 Å². The fraction of sp³-hybridized carbons (Fsp3) is 0.444. The van der Waals surface area contributed by atoms with Gasteiger partial charge in [0.1, 0.15) is 11.4 Å². The number of allylic oxidation sites excluding steroid dienone is 4. The van der Waals surface area contributed by atoms with Crippen molar-refractivity contribution in [2.24, 2.45) is 10.2 Å². The van der Waals surface area contributed by atoms with Gasteiger partial charge in [0.2, 0.25) is 0 Å². The number of aromatic nitrogens is 1. The first kappa shape index (κ1) is 30.9. The lowest BCUT2D eigenvalue weighted by atomic mass is 9.72. The number of ether oxygens (including phenoxy) is 2. The first-order valence-corrected chi connectivity index (χ1v) is 16.6. The molecule has 232 valence electrons. The lowest BCUT2D eigenvalue weighted by molar-refractivity contribution is -0.0133. The van der Waals surface area contributed by atoms with Crippen LogP contribution in [0.4, 0.5) is 0 Å².